The van der Waals surface area contributed by atoms with Crippen LogP contribution in [-0.4, -0.2) is 69.3 Å². The summed E-state index contributed by atoms with van der Waals surface area (Å²) in [5, 5.41) is 3.63. The standard InChI is InChI=1S/C17H29N3O/c1-15(14-16-6-4-5-7-17(16)21-3)18-8-9-20-12-10-19(2)11-13-20/h4-7,15,18H,8-14H2,1-3H3. The molecule has 2 rings (SSSR count). The van der Waals surface area contributed by atoms with Crippen LogP contribution in [0.2, 0.25) is 0 Å². The predicted molar refractivity (Wildman–Crippen MR) is 88.1 cm³/mol. The molecule has 118 valence electrons. The van der Waals surface area contributed by atoms with Crippen molar-refractivity contribution in [2.24, 2.45) is 0 Å². The highest BCUT2D eigenvalue weighted by molar-refractivity contribution is 5.33. The van der Waals surface area contributed by atoms with Crippen LogP contribution in [0.3, 0.4) is 0 Å². The van der Waals surface area contributed by atoms with Gasteiger partial charge in [-0.3, -0.25) is 4.90 Å². The molecule has 0 bridgehead atoms. The summed E-state index contributed by atoms with van der Waals surface area (Å²) in [4.78, 5) is 4.94. The van der Waals surface area contributed by atoms with Gasteiger partial charge in [-0.25, -0.2) is 0 Å². The van der Waals surface area contributed by atoms with Gasteiger partial charge in [0.05, 0.1) is 7.11 Å². The molecule has 1 unspecified atom stereocenters. The van der Waals surface area contributed by atoms with E-state index in [9.17, 15) is 0 Å². The summed E-state index contributed by atoms with van der Waals surface area (Å²) in [6.07, 6.45) is 1.01. The number of nitrogens with one attached hydrogen (secondary N) is 1. The van der Waals surface area contributed by atoms with Crippen molar-refractivity contribution in [2.45, 2.75) is 19.4 Å². The quantitative estimate of drug-likeness (QED) is 0.823. The molecule has 4 nitrogen and oxygen atoms in total. The van der Waals surface area contributed by atoms with Crippen molar-refractivity contribution in [1.82, 2.24) is 15.1 Å². The van der Waals surface area contributed by atoms with Crippen molar-refractivity contribution in [3.63, 3.8) is 0 Å². The van der Waals surface area contributed by atoms with Crippen molar-refractivity contribution in [2.75, 3.05) is 53.4 Å². The highest BCUT2D eigenvalue weighted by Gasteiger charge is 2.13. The molecule has 1 aliphatic rings. The molecule has 1 aliphatic heterocycles. The normalized spacial score (nSPS) is 18.6. The largest absolute Gasteiger partial charge is 0.496 e. The second-order valence-electron chi connectivity index (χ2n) is 6.02. The predicted octanol–water partition coefficient (Wildman–Crippen LogP) is 1.46. The maximum atomic E-state index is 5.42. The lowest BCUT2D eigenvalue weighted by Crippen LogP contribution is -2.47. The van der Waals surface area contributed by atoms with Crippen LogP contribution in [0.5, 0.6) is 5.75 Å². The zero-order valence-electron chi connectivity index (χ0n) is 13.6. The third-order valence-electron chi connectivity index (χ3n) is 4.24. The van der Waals surface area contributed by atoms with Gasteiger partial charge < -0.3 is 15.0 Å². The number of para-hydroxylation sites is 1. The Morgan fingerprint density at radius 3 is 2.62 bits per heavy atom. The molecule has 1 heterocycles. The minimum Gasteiger partial charge on any atom is -0.496 e. The third kappa shape index (κ3) is 5.30. The lowest BCUT2D eigenvalue weighted by molar-refractivity contribution is 0.154. The Morgan fingerprint density at radius 2 is 1.90 bits per heavy atom. The molecule has 0 spiro atoms. The Morgan fingerprint density at radius 1 is 1.19 bits per heavy atom. The van der Waals surface area contributed by atoms with E-state index in [4.69, 9.17) is 4.74 Å². The van der Waals surface area contributed by atoms with Crippen molar-refractivity contribution in [3.05, 3.63) is 29.8 Å². The van der Waals surface area contributed by atoms with Gasteiger partial charge in [-0.2, -0.15) is 0 Å². The highest BCUT2D eigenvalue weighted by atomic mass is 16.5. The minimum atomic E-state index is 0.466. The van der Waals surface area contributed by atoms with Crippen LogP contribution in [0.25, 0.3) is 0 Å². The van der Waals surface area contributed by atoms with Crippen molar-refractivity contribution < 1.29 is 4.74 Å². The van der Waals surface area contributed by atoms with Crippen LogP contribution >= 0.6 is 0 Å². The number of methoxy groups -OCH3 is 1. The number of likely N-dealkylation sites (N-methyl/N-ethyl adjacent to an activating group) is 1. The molecule has 0 saturated carbocycles. The summed E-state index contributed by atoms with van der Waals surface area (Å²) in [6, 6.07) is 8.75. The number of nitrogens with zero attached hydrogens (tertiary/aromatic N) is 2. The van der Waals surface area contributed by atoms with E-state index < -0.39 is 0 Å². The van der Waals surface area contributed by atoms with E-state index in [2.05, 4.69) is 41.2 Å². The second kappa shape index (κ2) is 8.37. The average molecular weight is 291 g/mol. The van der Waals surface area contributed by atoms with Gasteiger partial charge in [-0.1, -0.05) is 18.2 Å². The summed E-state index contributed by atoms with van der Waals surface area (Å²) in [6.45, 7) is 9.21. The van der Waals surface area contributed by atoms with Crippen LogP contribution in [0.4, 0.5) is 0 Å². The monoisotopic (exact) mass is 291 g/mol. The van der Waals surface area contributed by atoms with Crippen LogP contribution in [-0.2, 0) is 6.42 Å². The number of piperazine rings is 1. The summed E-state index contributed by atoms with van der Waals surface area (Å²) in [5.41, 5.74) is 1.28. The van der Waals surface area contributed by atoms with Crippen LogP contribution in [0, 0.1) is 0 Å². The topological polar surface area (TPSA) is 27.7 Å². The molecule has 21 heavy (non-hydrogen) atoms. The lowest BCUT2D eigenvalue weighted by atomic mass is 10.1. The molecule has 0 radical (unpaired) electrons. The van der Waals surface area contributed by atoms with Crippen molar-refractivity contribution >= 4 is 0 Å². The van der Waals surface area contributed by atoms with E-state index in [1.807, 2.05) is 12.1 Å². The van der Waals surface area contributed by atoms with Crippen molar-refractivity contribution in [3.8, 4) is 5.75 Å². The first-order chi connectivity index (χ1) is 10.2. The fourth-order valence-electron chi connectivity index (χ4n) is 2.81. The fraction of sp³-hybridized carbons (Fsp3) is 0.647. The van der Waals surface area contributed by atoms with Gasteiger partial charge in [-0.15, -0.1) is 0 Å². The smallest absolute Gasteiger partial charge is 0.122 e. The molecule has 1 saturated heterocycles. The Bertz CT molecular complexity index is 416. The molecule has 1 aromatic carbocycles. The number of hydrogen-bond acceptors (Lipinski definition) is 4. The van der Waals surface area contributed by atoms with Gasteiger partial charge in [0.25, 0.3) is 0 Å². The summed E-state index contributed by atoms with van der Waals surface area (Å²) in [7, 11) is 3.94. The number of benzene rings is 1. The molecule has 1 aromatic rings. The van der Waals surface area contributed by atoms with E-state index in [-0.39, 0.29) is 0 Å². The molecule has 0 amide bonds. The minimum absolute atomic E-state index is 0.466. The molecule has 1 N–H and O–H groups in total. The zero-order valence-corrected chi connectivity index (χ0v) is 13.6. The first-order valence-corrected chi connectivity index (χ1v) is 7.95. The Hall–Kier alpha value is -1.10. The van der Waals surface area contributed by atoms with Gasteiger partial charge in [0, 0.05) is 45.3 Å². The molecule has 1 fully saturated rings. The molecule has 1 atom stereocenters. The maximum Gasteiger partial charge on any atom is 0.122 e. The average Bonchev–Trinajstić information content (AvgIpc) is 2.50. The summed E-state index contributed by atoms with van der Waals surface area (Å²) < 4.78 is 5.42. The van der Waals surface area contributed by atoms with Gasteiger partial charge in [0.1, 0.15) is 5.75 Å². The Balaban J connectivity index is 1.69. The molecular weight excluding hydrogens is 262 g/mol. The van der Waals surface area contributed by atoms with E-state index in [0.29, 0.717) is 6.04 Å². The van der Waals surface area contributed by atoms with E-state index >= 15 is 0 Å². The highest BCUT2D eigenvalue weighted by Crippen LogP contribution is 2.18. The van der Waals surface area contributed by atoms with Crippen LogP contribution in [0.1, 0.15) is 12.5 Å². The van der Waals surface area contributed by atoms with E-state index in [1.54, 1.807) is 7.11 Å². The van der Waals surface area contributed by atoms with E-state index in [1.165, 1.54) is 31.7 Å². The van der Waals surface area contributed by atoms with Gasteiger partial charge >= 0.3 is 0 Å². The summed E-state index contributed by atoms with van der Waals surface area (Å²) in [5.74, 6) is 0.991. The van der Waals surface area contributed by atoms with Gasteiger partial charge in [0.2, 0.25) is 0 Å². The van der Waals surface area contributed by atoms with E-state index in [0.717, 1.165) is 25.3 Å². The molecule has 4 heteroatoms. The third-order valence-corrected chi connectivity index (χ3v) is 4.24. The number of hydrogen-bond donors (Lipinski definition) is 1. The number of rotatable bonds is 7. The van der Waals surface area contributed by atoms with Crippen LogP contribution in [0.15, 0.2) is 24.3 Å². The van der Waals surface area contributed by atoms with Gasteiger partial charge in [-0.05, 0) is 32.0 Å². The lowest BCUT2D eigenvalue weighted by Gasteiger charge is -2.32. The van der Waals surface area contributed by atoms with Gasteiger partial charge in [0.15, 0.2) is 0 Å². The fourth-order valence-corrected chi connectivity index (χ4v) is 2.81. The first kappa shape index (κ1) is 16.3. The SMILES string of the molecule is COc1ccccc1CC(C)NCCN1CCN(C)CC1. The second-order valence-corrected chi connectivity index (χ2v) is 6.02. The summed E-state index contributed by atoms with van der Waals surface area (Å²) >= 11 is 0. The maximum absolute atomic E-state index is 5.42. The molecular formula is C17H29N3O. The molecule has 0 aliphatic carbocycles. The zero-order chi connectivity index (χ0) is 15.1. The Labute approximate surface area is 129 Å². The molecule has 0 aromatic heterocycles. The van der Waals surface area contributed by atoms with Crippen LogP contribution < -0.4 is 10.1 Å². The number of ether oxygens (including phenoxy) is 1. The van der Waals surface area contributed by atoms with Crippen molar-refractivity contribution in [1.29, 1.82) is 0 Å². The first-order valence-electron chi connectivity index (χ1n) is 7.95. The Kier molecular flexibility index (Phi) is 6.49.